The SMILES string of the molecule is COC[C@@H](C)NC(=O)COC(=O)c1c(Cl)ccc(Cl)c1Cl. The topological polar surface area (TPSA) is 64.6 Å². The van der Waals surface area contributed by atoms with E-state index in [-0.39, 0.29) is 26.7 Å². The summed E-state index contributed by atoms with van der Waals surface area (Å²) in [6.07, 6.45) is 0. The van der Waals surface area contributed by atoms with Gasteiger partial charge in [0.2, 0.25) is 0 Å². The van der Waals surface area contributed by atoms with Gasteiger partial charge in [-0.05, 0) is 19.1 Å². The van der Waals surface area contributed by atoms with Crippen LogP contribution in [-0.4, -0.2) is 38.2 Å². The number of rotatable bonds is 6. The predicted molar refractivity (Wildman–Crippen MR) is 81.2 cm³/mol. The summed E-state index contributed by atoms with van der Waals surface area (Å²) in [4.78, 5) is 23.5. The molecule has 116 valence electrons. The highest BCUT2D eigenvalue weighted by Gasteiger charge is 2.20. The second kappa shape index (κ2) is 8.44. The molecule has 0 aliphatic rings. The summed E-state index contributed by atoms with van der Waals surface area (Å²) in [5.74, 6) is -1.27. The number of esters is 1. The second-order valence-electron chi connectivity index (χ2n) is 4.22. The van der Waals surface area contributed by atoms with Gasteiger partial charge < -0.3 is 14.8 Å². The van der Waals surface area contributed by atoms with E-state index >= 15 is 0 Å². The Morgan fingerprint density at radius 1 is 1.24 bits per heavy atom. The molecule has 0 heterocycles. The summed E-state index contributed by atoms with van der Waals surface area (Å²) >= 11 is 17.6. The number of carbonyl (C=O) groups is 2. The van der Waals surface area contributed by atoms with Crippen molar-refractivity contribution in [3.05, 3.63) is 32.8 Å². The standard InChI is InChI=1S/C13H14Cl3NO4/c1-7(5-20-2)17-10(18)6-21-13(19)11-8(14)3-4-9(15)12(11)16/h3-4,7H,5-6H2,1-2H3,(H,17,18)/t7-/m1/s1. The molecule has 0 aromatic heterocycles. The number of ether oxygens (including phenoxy) is 2. The van der Waals surface area contributed by atoms with E-state index in [4.69, 9.17) is 44.3 Å². The largest absolute Gasteiger partial charge is 0.452 e. The van der Waals surface area contributed by atoms with Crippen molar-refractivity contribution in [2.75, 3.05) is 20.3 Å². The number of hydrogen-bond donors (Lipinski definition) is 1. The summed E-state index contributed by atoms with van der Waals surface area (Å²) in [5, 5.41) is 2.86. The van der Waals surface area contributed by atoms with Gasteiger partial charge in [0, 0.05) is 13.2 Å². The fourth-order valence-corrected chi connectivity index (χ4v) is 2.21. The van der Waals surface area contributed by atoms with Crippen LogP contribution in [0, 0.1) is 0 Å². The van der Waals surface area contributed by atoms with Crippen LogP contribution in [-0.2, 0) is 14.3 Å². The van der Waals surface area contributed by atoms with Crippen molar-refractivity contribution in [1.29, 1.82) is 0 Å². The molecule has 0 aliphatic heterocycles. The third kappa shape index (κ3) is 5.36. The molecule has 0 radical (unpaired) electrons. The highest BCUT2D eigenvalue weighted by Crippen LogP contribution is 2.31. The Morgan fingerprint density at radius 2 is 1.86 bits per heavy atom. The monoisotopic (exact) mass is 353 g/mol. The molecule has 1 aromatic carbocycles. The van der Waals surface area contributed by atoms with Gasteiger partial charge >= 0.3 is 5.97 Å². The van der Waals surface area contributed by atoms with Gasteiger partial charge in [0.25, 0.3) is 5.91 Å². The molecule has 8 heteroatoms. The van der Waals surface area contributed by atoms with Crippen molar-refractivity contribution in [2.24, 2.45) is 0 Å². The quantitative estimate of drug-likeness (QED) is 0.630. The fourth-order valence-electron chi connectivity index (χ4n) is 1.53. The lowest BCUT2D eigenvalue weighted by Crippen LogP contribution is -2.38. The molecule has 1 aromatic rings. The van der Waals surface area contributed by atoms with Gasteiger partial charge in [0.1, 0.15) is 0 Å². The van der Waals surface area contributed by atoms with E-state index in [1.54, 1.807) is 6.92 Å². The minimum absolute atomic E-state index is 0.0117. The lowest BCUT2D eigenvalue weighted by Gasteiger charge is -2.13. The van der Waals surface area contributed by atoms with Gasteiger partial charge in [0.05, 0.1) is 27.2 Å². The van der Waals surface area contributed by atoms with Crippen LogP contribution in [0.5, 0.6) is 0 Å². The molecule has 0 spiro atoms. The maximum absolute atomic E-state index is 11.9. The lowest BCUT2D eigenvalue weighted by molar-refractivity contribution is -0.125. The highest BCUT2D eigenvalue weighted by molar-refractivity contribution is 6.46. The molecule has 0 aliphatic carbocycles. The highest BCUT2D eigenvalue weighted by atomic mass is 35.5. The number of halogens is 3. The van der Waals surface area contributed by atoms with Crippen LogP contribution < -0.4 is 5.32 Å². The van der Waals surface area contributed by atoms with Gasteiger partial charge in [0.15, 0.2) is 6.61 Å². The average Bonchev–Trinajstić information content (AvgIpc) is 2.41. The number of methoxy groups -OCH3 is 1. The number of carbonyl (C=O) groups excluding carboxylic acids is 2. The molecule has 21 heavy (non-hydrogen) atoms. The molecule has 0 bridgehead atoms. The Balaban J connectivity index is 2.63. The Bertz CT molecular complexity index is 536. The van der Waals surface area contributed by atoms with Crippen LogP contribution in [0.1, 0.15) is 17.3 Å². The normalized spacial score (nSPS) is 11.9. The third-order valence-electron chi connectivity index (χ3n) is 2.41. The molecule has 5 nitrogen and oxygen atoms in total. The second-order valence-corrected chi connectivity index (χ2v) is 5.41. The molecule has 1 N–H and O–H groups in total. The zero-order valence-corrected chi connectivity index (χ0v) is 13.7. The fraction of sp³-hybridized carbons (Fsp3) is 0.385. The van der Waals surface area contributed by atoms with Crippen LogP contribution >= 0.6 is 34.8 Å². The van der Waals surface area contributed by atoms with Crippen molar-refractivity contribution >= 4 is 46.7 Å². The Morgan fingerprint density at radius 3 is 2.48 bits per heavy atom. The Hall–Kier alpha value is -1.01. The first-order chi connectivity index (χ1) is 9.86. The molecular weight excluding hydrogens is 341 g/mol. The third-order valence-corrected chi connectivity index (χ3v) is 3.53. The number of hydrogen-bond acceptors (Lipinski definition) is 4. The van der Waals surface area contributed by atoms with E-state index in [1.807, 2.05) is 0 Å². The summed E-state index contributed by atoms with van der Waals surface area (Å²) in [5.41, 5.74) is -0.0661. The number of amides is 1. The number of benzene rings is 1. The van der Waals surface area contributed by atoms with Crippen LogP contribution in [0.4, 0.5) is 0 Å². The lowest BCUT2D eigenvalue weighted by atomic mass is 10.2. The summed E-state index contributed by atoms with van der Waals surface area (Å²) in [6.45, 7) is 1.66. The van der Waals surface area contributed by atoms with Gasteiger partial charge in [-0.1, -0.05) is 34.8 Å². The van der Waals surface area contributed by atoms with Crippen LogP contribution in [0.15, 0.2) is 12.1 Å². The smallest absolute Gasteiger partial charge is 0.341 e. The molecule has 0 unspecified atom stereocenters. The van der Waals surface area contributed by atoms with Crippen molar-refractivity contribution in [1.82, 2.24) is 5.32 Å². The predicted octanol–water partition coefficient (Wildman–Crippen LogP) is 2.95. The van der Waals surface area contributed by atoms with E-state index in [0.29, 0.717) is 6.61 Å². The minimum Gasteiger partial charge on any atom is -0.452 e. The van der Waals surface area contributed by atoms with Gasteiger partial charge in [-0.15, -0.1) is 0 Å². The van der Waals surface area contributed by atoms with E-state index in [0.717, 1.165) is 0 Å². The van der Waals surface area contributed by atoms with Crippen molar-refractivity contribution in [3.63, 3.8) is 0 Å². The molecule has 1 rings (SSSR count). The maximum atomic E-state index is 11.9. The minimum atomic E-state index is -0.818. The molecular formula is C13H14Cl3NO4. The molecule has 1 atom stereocenters. The average molecular weight is 355 g/mol. The van der Waals surface area contributed by atoms with E-state index in [1.165, 1.54) is 19.2 Å². The van der Waals surface area contributed by atoms with Gasteiger partial charge in [-0.2, -0.15) is 0 Å². The molecule has 0 saturated heterocycles. The molecule has 0 saturated carbocycles. The number of nitrogens with one attached hydrogen (secondary N) is 1. The van der Waals surface area contributed by atoms with E-state index < -0.39 is 18.5 Å². The van der Waals surface area contributed by atoms with Gasteiger partial charge in [-0.25, -0.2) is 4.79 Å². The first-order valence-electron chi connectivity index (χ1n) is 5.95. The molecule has 0 fully saturated rings. The van der Waals surface area contributed by atoms with Crippen LogP contribution in [0.25, 0.3) is 0 Å². The van der Waals surface area contributed by atoms with Crippen molar-refractivity contribution in [2.45, 2.75) is 13.0 Å². The Kier molecular flexibility index (Phi) is 7.25. The van der Waals surface area contributed by atoms with Crippen LogP contribution in [0.2, 0.25) is 15.1 Å². The zero-order chi connectivity index (χ0) is 16.0. The summed E-state index contributed by atoms with van der Waals surface area (Å²) in [7, 11) is 1.52. The summed E-state index contributed by atoms with van der Waals surface area (Å²) < 4.78 is 9.74. The van der Waals surface area contributed by atoms with Gasteiger partial charge in [-0.3, -0.25) is 4.79 Å². The molecule has 1 amide bonds. The zero-order valence-electron chi connectivity index (χ0n) is 11.4. The Labute approximate surface area is 137 Å². The van der Waals surface area contributed by atoms with Crippen molar-refractivity contribution in [3.8, 4) is 0 Å². The first-order valence-corrected chi connectivity index (χ1v) is 7.09. The van der Waals surface area contributed by atoms with Crippen LogP contribution in [0.3, 0.4) is 0 Å². The summed E-state index contributed by atoms with van der Waals surface area (Å²) in [6, 6.07) is 2.69. The maximum Gasteiger partial charge on any atom is 0.341 e. The van der Waals surface area contributed by atoms with Crippen molar-refractivity contribution < 1.29 is 19.1 Å². The van der Waals surface area contributed by atoms with E-state index in [9.17, 15) is 9.59 Å². The first kappa shape index (κ1) is 18.0. The van der Waals surface area contributed by atoms with E-state index in [2.05, 4.69) is 5.32 Å².